The average Bonchev–Trinajstić information content (AvgIpc) is 2.67. The summed E-state index contributed by atoms with van der Waals surface area (Å²) in [4.78, 5) is 13.2. The van der Waals surface area contributed by atoms with Crippen LogP contribution in [0.25, 0.3) is 11.0 Å². The number of rotatable bonds is 4. The molecule has 0 saturated heterocycles. The Morgan fingerprint density at radius 3 is 2.67 bits per heavy atom. The Balaban J connectivity index is 1.55. The summed E-state index contributed by atoms with van der Waals surface area (Å²) in [6, 6.07) is 8.97. The summed E-state index contributed by atoms with van der Waals surface area (Å²) in [5.41, 5.74) is 7.19. The summed E-state index contributed by atoms with van der Waals surface area (Å²) < 4.78 is 13.3. The highest BCUT2D eigenvalue weighted by Gasteiger charge is 2.18. The first kappa shape index (κ1) is 17.9. The van der Waals surface area contributed by atoms with Gasteiger partial charge in [-0.05, 0) is 56.0 Å². The van der Waals surface area contributed by atoms with E-state index in [1.807, 2.05) is 12.1 Å². The number of nitrogens with zero attached hydrogens (tertiary/aromatic N) is 3. The normalized spacial score (nSPS) is 19.8. The fourth-order valence-corrected chi connectivity index (χ4v) is 3.49. The number of benzene rings is 1. The third kappa shape index (κ3) is 4.09. The van der Waals surface area contributed by atoms with Gasteiger partial charge in [0.15, 0.2) is 5.65 Å². The van der Waals surface area contributed by atoms with Crippen molar-refractivity contribution in [3.8, 4) is 0 Å². The number of pyridine rings is 1. The van der Waals surface area contributed by atoms with Crippen molar-refractivity contribution in [2.24, 2.45) is 5.73 Å². The van der Waals surface area contributed by atoms with E-state index in [-0.39, 0.29) is 5.02 Å². The van der Waals surface area contributed by atoms with Crippen molar-refractivity contribution in [2.75, 3.05) is 10.6 Å². The molecule has 2 aromatic heterocycles. The van der Waals surface area contributed by atoms with Gasteiger partial charge in [0.2, 0.25) is 0 Å². The van der Waals surface area contributed by atoms with Crippen LogP contribution in [0.3, 0.4) is 0 Å². The Kier molecular flexibility index (Phi) is 5.05. The molecule has 1 fully saturated rings. The Morgan fingerprint density at radius 1 is 1.07 bits per heavy atom. The van der Waals surface area contributed by atoms with Crippen LogP contribution >= 0.6 is 11.6 Å². The molecular weight excluding hydrogens is 367 g/mol. The van der Waals surface area contributed by atoms with Crippen LogP contribution in [0.5, 0.6) is 0 Å². The minimum Gasteiger partial charge on any atom is -0.367 e. The first-order valence-corrected chi connectivity index (χ1v) is 9.32. The molecule has 140 valence electrons. The van der Waals surface area contributed by atoms with E-state index in [4.69, 9.17) is 17.3 Å². The van der Waals surface area contributed by atoms with E-state index in [9.17, 15) is 4.39 Å². The molecule has 0 spiro atoms. The zero-order valence-corrected chi connectivity index (χ0v) is 15.4. The largest absolute Gasteiger partial charge is 0.367 e. The van der Waals surface area contributed by atoms with Crippen LogP contribution in [-0.4, -0.2) is 27.0 Å². The predicted molar refractivity (Wildman–Crippen MR) is 106 cm³/mol. The van der Waals surface area contributed by atoms with Gasteiger partial charge in [0.25, 0.3) is 0 Å². The SMILES string of the molecule is NC1CCC(Nc2ccc3c(Nc4ccc(F)c(Cl)c4)ncnc3n2)CC1. The standard InChI is InChI=1S/C19H20ClFN6/c20-15-9-13(5-7-16(15)21)26-18-14-6-8-17(27-19(14)24-10-23-18)25-12-3-1-11(22)2-4-12/h5-12H,1-4,22H2,(H2,23,24,25,26,27). The van der Waals surface area contributed by atoms with Crippen molar-refractivity contribution >= 4 is 40.0 Å². The summed E-state index contributed by atoms with van der Waals surface area (Å²) in [6.07, 6.45) is 5.60. The highest BCUT2D eigenvalue weighted by molar-refractivity contribution is 6.31. The fraction of sp³-hybridized carbons (Fsp3) is 0.316. The van der Waals surface area contributed by atoms with Crippen LogP contribution in [0.1, 0.15) is 25.7 Å². The molecule has 0 atom stereocenters. The van der Waals surface area contributed by atoms with Gasteiger partial charge in [0, 0.05) is 17.8 Å². The number of nitrogens with one attached hydrogen (secondary N) is 2. The number of halogens is 2. The van der Waals surface area contributed by atoms with E-state index >= 15 is 0 Å². The highest BCUT2D eigenvalue weighted by Crippen LogP contribution is 2.27. The molecular formula is C19H20ClFN6. The Labute approximate surface area is 161 Å². The number of aromatic nitrogens is 3. The lowest BCUT2D eigenvalue weighted by Crippen LogP contribution is -2.33. The lowest BCUT2D eigenvalue weighted by molar-refractivity contribution is 0.410. The van der Waals surface area contributed by atoms with Crippen LogP contribution in [0.15, 0.2) is 36.7 Å². The first-order chi connectivity index (χ1) is 13.1. The van der Waals surface area contributed by atoms with E-state index in [1.165, 1.54) is 18.5 Å². The van der Waals surface area contributed by atoms with Crippen LogP contribution < -0.4 is 16.4 Å². The fourth-order valence-electron chi connectivity index (χ4n) is 3.31. The number of fused-ring (bicyclic) bond motifs is 1. The molecule has 1 aliphatic rings. The van der Waals surface area contributed by atoms with Crippen molar-refractivity contribution < 1.29 is 4.39 Å². The molecule has 0 bridgehead atoms. The molecule has 0 amide bonds. The smallest absolute Gasteiger partial charge is 0.166 e. The van der Waals surface area contributed by atoms with Crippen molar-refractivity contribution in [3.05, 3.63) is 47.5 Å². The summed E-state index contributed by atoms with van der Waals surface area (Å²) >= 11 is 5.84. The van der Waals surface area contributed by atoms with E-state index in [1.54, 1.807) is 6.07 Å². The number of anilines is 3. The maximum atomic E-state index is 13.3. The number of hydrogen-bond acceptors (Lipinski definition) is 6. The second-order valence-electron chi connectivity index (χ2n) is 6.80. The van der Waals surface area contributed by atoms with Gasteiger partial charge in [-0.25, -0.2) is 19.3 Å². The summed E-state index contributed by atoms with van der Waals surface area (Å²) in [5, 5.41) is 7.44. The molecule has 3 aromatic rings. The van der Waals surface area contributed by atoms with Gasteiger partial charge in [0.05, 0.1) is 10.4 Å². The molecule has 6 nitrogen and oxygen atoms in total. The van der Waals surface area contributed by atoms with Gasteiger partial charge in [-0.15, -0.1) is 0 Å². The highest BCUT2D eigenvalue weighted by atomic mass is 35.5. The second kappa shape index (κ2) is 7.62. The van der Waals surface area contributed by atoms with Crippen molar-refractivity contribution in [3.63, 3.8) is 0 Å². The first-order valence-electron chi connectivity index (χ1n) is 8.94. The summed E-state index contributed by atoms with van der Waals surface area (Å²) in [7, 11) is 0. The lowest BCUT2D eigenvalue weighted by atomic mass is 9.92. The molecule has 0 unspecified atom stereocenters. The minimum absolute atomic E-state index is 0.0511. The van der Waals surface area contributed by atoms with Crippen molar-refractivity contribution in [1.82, 2.24) is 15.0 Å². The molecule has 2 heterocycles. The van der Waals surface area contributed by atoms with E-state index in [2.05, 4.69) is 25.6 Å². The van der Waals surface area contributed by atoms with E-state index < -0.39 is 5.82 Å². The molecule has 1 aliphatic carbocycles. The molecule has 0 radical (unpaired) electrons. The third-order valence-electron chi connectivity index (χ3n) is 4.80. The maximum absolute atomic E-state index is 13.3. The quantitative estimate of drug-likeness (QED) is 0.621. The van der Waals surface area contributed by atoms with Gasteiger partial charge in [0.1, 0.15) is 23.8 Å². The van der Waals surface area contributed by atoms with E-state index in [0.29, 0.717) is 29.2 Å². The molecule has 1 saturated carbocycles. The van der Waals surface area contributed by atoms with Crippen LogP contribution in [-0.2, 0) is 0 Å². The average molecular weight is 387 g/mol. The second-order valence-corrected chi connectivity index (χ2v) is 7.21. The maximum Gasteiger partial charge on any atom is 0.166 e. The molecule has 27 heavy (non-hydrogen) atoms. The molecule has 8 heteroatoms. The number of nitrogens with two attached hydrogens (primary N) is 1. The minimum atomic E-state index is -0.462. The Hall–Kier alpha value is -2.51. The molecule has 0 aliphatic heterocycles. The van der Waals surface area contributed by atoms with Gasteiger partial charge in [-0.2, -0.15) is 0 Å². The zero-order valence-electron chi connectivity index (χ0n) is 14.6. The van der Waals surface area contributed by atoms with Crippen LogP contribution in [0.4, 0.5) is 21.7 Å². The predicted octanol–water partition coefficient (Wildman–Crippen LogP) is 4.24. The molecule has 4 N–H and O–H groups in total. The lowest BCUT2D eigenvalue weighted by Gasteiger charge is -2.27. The Bertz CT molecular complexity index is 958. The third-order valence-corrected chi connectivity index (χ3v) is 5.09. The summed E-state index contributed by atoms with van der Waals surface area (Å²) in [6.45, 7) is 0. The molecule has 4 rings (SSSR count). The van der Waals surface area contributed by atoms with Crippen molar-refractivity contribution in [2.45, 2.75) is 37.8 Å². The van der Waals surface area contributed by atoms with Crippen LogP contribution in [0.2, 0.25) is 5.02 Å². The summed E-state index contributed by atoms with van der Waals surface area (Å²) in [5.74, 6) is 0.915. The molecule has 1 aromatic carbocycles. The monoisotopic (exact) mass is 386 g/mol. The van der Waals surface area contributed by atoms with Gasteiger partial charge in [-0.3, -0.25) is 0 Å². The number of hydrogen-bond donors (Lipinski definition) is 3. The Morgan fingerprint density at radius 2 is 1.89 bits per heavy atom. The van der Waals surface area contributed by atoms with Gasteiger partial charge < -0.3 is 16.4 Å². The van der Waals surface area contributed by atoms with Crippen molar-refractivity contribution in [1.29, 1.82) is 0 Å². The topological polar surface area (TPSA) is 88.8 Å². The van der Waals surface area contributed by atoms with Gasteiger partial charge >= 0.3 is 0 Å². The zero-order chi connectivity index (χ0) is 18.8. The van der Waals surface area contributed by atoms with E-state index in [0.717, 1.165) is 36.9 Å². The van der Waals surface area contributed by atoms with Crippen LogP contribution in [0, 0.1) is 5.82 Å². The van der Waals surface area contributed by atoms with Gasteiger partial charge in [-0.1, -0.05) is 11.6 Å².